The minimum Gasteiger partial charge on any atom is -0.452 e. The lowest BCUT2D eigenvalue weighted by Gasteiger charge is -2.24. The van der Waals surface area contributed by atoms with E-state index in [-0.39, 0.29) is 36.1 Å². The smallest absolute Gasteiger partial charge is 0.338 e. The number of rotatable bonds is 9. The number of amides is 1. The highest BCUT2D eigenvalue weighted by molar-refractivity contribution is 5.98. The molecule has 0 fully saturated rings. The minimum absolute atomic E-state index is 0.0878. The summed E-state index contributed by atoms with van der Waals surface area (Å²) < 4.78 is 6.32. The van der Waals surface area contributed by atoms with Crippen LogP contribution in [0.25, 0.3) is 0 Å². The van der Waals surface area contributed by atoms with Gasteiger partial charge in [-0.15, -0.1) is 0 Å². The summed E-state index contributed by atoms with van der Waals surface area (Å²) in [6.07, 6.45) is 4.21. The molecule has 1 amide bonds. The maximum atomic E-state index is 12.8. The van der Waals surface area contributed by atoms with Crippen LogP contribution in [0.3, 0.4) is 0 Å². The molecule has 0 radical (unpaired) electrons. The second kappa shape index (κ2) is 10.4. The van der Waals surface area contributed by atoms with Gasteiger partial charge >= 0.3 is 11.7 Å². The number of aromatic amines is 1. The fraction of sp³-hybridized carbons (Fsp3) is 0.450. The van der Waals surface area contributed by atoms with Gasteiger partial charge in [-0.2, -0.15) is 0 Å². The van der Waals surface area contributed by atoms with E-state index in [2.05, 4.69) is 9.97 Å². The fourth-order valence-electron chi connectivity index (χ4n) is 2.84. The Balaban J connectivity index is 2.33. The molecule has 2 aromatic heterocycles. The zero-order valence-electron chi connectivity index (χ0n) is 17.4. The molecular formula is C20H27N5O5. The van der Waals surface area contributed by atoms with Crippen LogP contribution in [-0.2, 0) is 16.1 Å². The van der Waals surface area contributed by atoms with Gasteiger partial charge in [0.1, 0.15) is 5.82 Å². The van der Waals surface area contributed by atoms with Crippen LogP contribution in [0, 0.1) is 5.92 Å². The third-order valence-electron chi connectivity index (χ3n) is 4.31. The minimum atomic E-state index is -0.762. The van der Waals surface area contributed by atoms with Gasteiger partial charge in [0.25, 0.3) is 11.5 Å². The highest BCUT2D eigenvalue weighted by Crippen LogP contribution is 2.19. The van der Waals surface area contributed by atoms with Gasteiger partial charge in [0.05, 0.1) is 5.56 Å². The van der Waals surface area contributed by atoms with Crippen LogP contribution >= 0.6 is 0 Å². The van der Waals surface area contributed by atoms with E-state index in [4.69, 9.17) is 10.5 Å². The zero-order valence-corrected chi connectivity index (χ0v) is 17.4. The lowest BCUT2D eigenvalue weighted by atomic mass is 10.2. The Kier molecular flexibility index (Phi) is 7.90. The van der Waals surface area contributed by atoms with Gasteiger partial charge in [0.2, 0.25) is 0 Å². The zero-order chi connectivity index (χ0) is 22.3. The Bertz CT molecular complexity index is 997. The number of unbranched alkanes of at least 4 members (excludes halogenated alkanes) is 1. The molecule has 0 bridgehead atoms. The van der Waals surface area contributed by atoms with Crippen LogP contribution in [0.1, 0.15) is 44.0 Å². The molecule has 10 heteroatoms. The maximum absolute atomic E-state index is 12.8. The van der Waals surface area contributed by atoms with Crippen molar-refractivity contribution in [1.82, 2.24) is 14.5 Å². The number of hydrogen-bond donors (Lipinski definition) is 2. The van der Waals surface area contributed by atoms with E-state index in [1.54, 1.807) is 0 Å². The quantitative estimate of drug-likeness (QED) is 0.583. The first kappa shape index (κ1) is 22.9. The summed E-state index contributed by atoms with van der Waals surface area (Å²) in [5, 5.41) is 0. The van der Waals surface area contributed by atoms with E-state index in [1.165, 1.54) is 34.0 Å². The van der Waals surface area contributed by atoms with Gasteiger partial charge < -0.3 is 15.4 Å². The second-order valence-electron chi connectivity index (χ2n) is 7.21. The van der Waals surface area contributed by atoms with E-state index in [0.717, 1.165) is 6.42 Å². The first-order valence-corrected chi connectivity index (χ1v) is 9.76. The number of nitrogens with one attached hydrogen (secondary N) is 1. The van der Waals surface area contributed by atoms with E-state index < -0.39 is 29.7 Å². The number of pyridine rings is 1. The van der Waals surface area contributed by atoms with Crippen LogP contribution in [0.2, 0.25) is 0 Å². The van der Waals surface area contributed by atoms with Crippen LogP contribution in [-0.4, -0.2) is 39.6 Å². The molecule has 3 N–H and O–H groups in total. The lowest BCUT2D eigenvalue weighted by molar-refractivity contribution is -0.121. The van der Waals surface area contributed by atoms with Gasteiger partial charge in [0, 0.05) is 25.5 Å². The summed E-state index contributed by atoms with van der Waals surface area (Å²) in [4.78, 5) is 56.9. The van der Waals surface area contributed by atoms with Crippen molar-refractivity contribution in [2.45, 2.75) is 40.2 Å². The summed E-state index contributed by atoms with van der Waals surface area (Å²) in [7, 11) is 0. The summed E-state index contributed by atoms with van der Waals surface area (Å²) in [6, 6.07) is 2.93. The van der Waals surface area contributed by atoms with Crippen molar-refractivity contribution in [2.24, 2.45) is 5.92 Å². The molecule has 2 heterocycles. The number of esters is 1. The van der Waals surface area contributed by atoms with E-state index in [9.17, 15) is 19.2 Å². The predicted molar refractivity (Wildman–Crippen MR) is 112 cm³/mol. The van der Waals surface area contributed by atoms with Crippen molar-refractivity contribution in [3.8, 4) is 0 Å². The van der Waals surface area contributed by atoms with E-state index in [0.29, 0.717) is 6.42 Å². The third-order valence-corrected chi connectivity index (χ3v) is 4.31. The van der Waals surface area contributed by atoms with Gasteiger partial charge in [-0.25, -0.2) is 9.59 Å². The third kappa shape index (κ3) is 5.56. The molecule has 2 aromatic rings. The summed E-state index contributed by atoms with van der Waals surface area (Å²) in [6.45, 7) is 5.62. The number of ether oxygens (including phenoxy) is 1. The predicted octanol–water partition coefficient (Wildman–Crippen LogP) is 1.16. The van der Waals surface area contributed by atoms with Crippen molar-refractivity contribution in [2.75, 3.05) is 23.8 Å². The first-order valence-electron chi connectivity index (χ1n) is 9.76. The lowest BCUT2D eigenvalue weighted by Crippen LogP contribution is -2.43. The van der Waals surface area contributed by atoms with Crippen molar-refractivity contribution in [3.05, 3.63) is 50.9 Å². The maximum Gasteiger partial charge on any atom is 0.338 e. The number of carbonyl (C=O) groups excluding carboxylic acids is 2. The van der Waals surface area contributed by atoms with Gasteiger partial charge in [-0.05, 0) is 24.5 Å². The van der Waals surface area contributed by atoms with Crippen LogP contribution < -0.4 is 21.9 Å². The molecule has 0 unspecified atom stereocenters. The number of nitrogens with two attached hydrogens (primary N) is 1. The van der Waals surface area contributed by atoms with Crippen LogP contribution in [0.4, 0.5) is 11.5 Å². The topological polar surface area (TPSA) is 140 Å². The molecule has 0 aliphatic heterocycles. The monoisotopic (exact) mass is 417 g/mol. The molecule has 30 heavy (non-hydrogen) atoms. The van der Waals surface area contributed by atoms with E-state index in [1.807, 2.05) is 20.8 Å². The average Bonchev–Trinajstić information content (AvgIpc) is 2.71. The van der Waals surface area contributed by atoms with Crippen molar-refractivity contribution < 1.29 is 14.3 Å². The number of carbonyl (C=O) groups is 2. The summed E-state index contributed by atoms with van der Waals surface area (Å²) in [5.74, 6) is -1.31. The van der Waals surface area contributed by atoms with Crippen LogP contribution in [0.15, 0.2) is 34.1 Å². The molecule has 162 valence electrons. The molecule has 2 rings (SSSR count). The SMILES string of the molecule is CCCCN(C(=O)COC(=O)c1ccncc1)c1c(N)n(CC(C)C)c(=O)[nH]c1=O. The average molecular weight is 417 g/mol. The van der Waals surface area contributed by atoms with Gasteiger partial charge in [0.15, 0.2) is 12.3 Å². The Morgan fingerprint density at radius 1 is 1.27 bits per heavy atom. The Hall–Kier alpha value is -3.43. The Labute approximate surface area is 173 Å². The van der Waals surface area contributed by atoms with Crippen molar-refractivity contribution in [3.63, 3.8) is 0 Å². The van der Waals surface area contributed by atoms with Crippen molar-refractivity contribution >= 4 is 23.4 Å². The molecule has 0 saturated heterocycles. The number of H-pyrrole nitrogens is 1. The summed E-state index contributed by atoms with van der Waals surface area (Å²) in [5.41, 5.74) is 4.86. The molecule has 0 aliphatic carbocycles. The van der Waals surface area contributed by atoms with E-state index >= 15 is 0 Å². The first-order chi connectivity index (χ1) is 14.3. The van der Waals surface area contributed by atoms with Crippen molar-refractivity contribution in [1.29, 1.82) is 0 Å². The molecule has 0 spiro atoms. The molecule has 0 aromatic carbocycles. The number of hydrogen-bond acceptors (Lipinski definition) is 7. The second-order valence-corrected chi connectivity index (χ2v) is 7.21. The molecule has 0 saturated carbocycles. The molecule has 10 nitrogen and oxygen atoms in total. The molecular weight excluding hydrogens is 390 g/mol. The number of aromatic nitrogens is 3. The Morgan fingerprint density at radius 3 is 2.53 bits per heavy atom. The number of anilines is 2. The normalized spacial score (nSPS) is 10.8. The largest absolute Gasteiger partial charge is 0.452 e. The van der Waals surface area contributed by atoms with Gasteiger partial charge in [-0.1, -0.05) is 27.2 Å². The number of nitrogen functional groups attached to an aromatic ring is 1. The number of nitrogens with zero attached hydrogens (tertiary/aromatic N) is 3. The summed E-state index contributed by atoms with van der Waals surface area (Å²) >= 11 is 0. The highest BCUT2D eigenvalue weighted by Gasteiger charge is 2.25. The molecule has 0 atom stereocenters. The Morgan fingerprint density at radius 2 is 1.93 bits per heavy atom. The standard InChI is InChI=1S/C20H27N5O5/c1-4-5-10-24(15(26)12-30-19(28)14-6-8-22-9-7-14)16-17(21)25(11-13(2)3)20(29)23-18(16)27/h6-9,13H,4-5,10-12,21H2,1-3H3,(H,23,27,29). The highest BCUT2D eigenvalue weighted by atomic mass is 16.5. The fourth-order valence-corrected chi connectivity index (χ4v) is 2.84. The van der Waals surface area contributed by atoms with Crippen LogP contribution in [0.5, 0.6) is 0 Å². The molecule has 0 aliphatic rings. The van der Waals surface area contributed by atoms with Gasteiger partial charge in [-0.3, -0.25) is 24.1 Å².